The van der Waals surface area contributed by atoms with Gasteiger partial charge in [-0.2, -0.15) is 0 Å². The minimum Gasteiger partial charge on any atom is -0.356 e. The maximum absolute atomic E-state index is 13.2. The standard InChI is InChI=1S/C18H20NO3P/c1-19-17-12-8-7-11-15(17)13-16(14-9-5-4-6-10-14)18(19)23(20,21-2)22-3/h4-13,18H,1-3H3. The maximum Gasteiger partial charge on any atom is 0.356 e. The van der Waals surface area contributed by atoms with Crippen LogP contribution in [0.4, 0.5) is 5.69 Å². The Labute approximate surface area is 136 Å². The number of hydrogen-bond acceptors (Lipinski definition) is 4. The van der Waals surface area contributed by atoms with E-state index in [1.807, 2.05) is 60.5 Å². The molecule has 0 N–H and O–H groups in total. The van der Waals surface area contributed by atoms with Gasteiger partial charge < -0.3 is 13.9 Å². The molecule has 2 aromatic carbocycles. The van der Waals surface area contributed by atoms with E-state index in [2.05, 4.69) is 12.1 Å². The second kappa shape index (κ2) is 6.32. The summed E-state index contributed by atoms with van der Waals surface area (Å²) in [5, 5.41) is 0. The third kappa shape index (κ3) is 2.74. The third-order valence-corrected chi connectivity index (χ3v) is 6.43. The summed E-state index contributed by atoms with van der Waals surface area (Å²) in [6.07, 6.45) is 2.07. The number of anilines is 1. The zero-order valence-corrected chi connectivity index (χ0v) is 14.4. The molecule has 0 saturated heterocycles. The number of fused-ring (bicyclic) bond motifs is 1. The summed E-state index contributed by atoms with van der Waals surface area (Å²) >= 11 is 0. The number of para-hydroxylation sites is 1. The van der Waals surface area contributed by atoms with Crippen molar-refractivity contribution in [3.63, 3.8) is 0 Å². The predicted molar refractivity (Wildman–Crippen MR) is 94.6 cm³/mol. The van der Waals surface area contributed by atoms with Crippen molar-refractivity contribution in [3.05, 3.63) is 65.7 Å². The molecule has 4 nitrogen and oxygen atoms in total. The van der Waals surface area contributed by atoms with Gasteiger partial charge in [0.15, 0.2) is 5.78 Å². The predicted octanol–water partition coefficient (Wildman–Crippen LogP) is 4.49. The molecule has 5 heteroatoms. The Morgan fingerprint density at radius 1 is 0.957 bits per heavy atom. The maximum atomic E-state index is 13.2. The molecule has 1 atom stereocenters. The van der Waals surface area contributed by atoms with E-state index < -0.39 is 13.4 Å². The van der Waals surface area contributed by atoms with Crippen molar-refractivity contribution in [2.24, 2.45) is 0 Å². The third-order valence-electron chi connectivity index (χ3n) is 4.19. The second-order valence-corrected chi connectivity index (χ2v) is 7.71. The number of rotatable bonds is 4. The van der Waals surface area contributed by atoms with Gasteiger partial charge in [0.1, 0.15) is 0 Å². The van der Waals surface area contributed by atoms with Gasteiger partial charge in [0.05, 0.1) is 0 Å². The van der Waals surface area contributed by atoms with Crippen molar-refractivity contribution >= 4 is 24.9 Å². The smallest absolute Gasteiger partial charge is 0.356 e. The molecule has 23 heavy (non-hydrogen) atoms. The molecular weight excluding hydrogens is 309 g/mol. The van der Waals surface area contributed by atoms with Crippen LogP contribution in [0.15, 0.2) is 54.6 Å². The number of nitrogens with zero attached hydrogens (tertiary/aromatic N) is 1. The lowest BCUT2D eigenvalue weighted by molar-refractivity contribution is 0.270. The molecule has 1 aliphatic heterocycles. The van der Waals surface area contributed by atoms with E-state index in [9.17, 15) is 4.57 Å². The molecular formula is C18H20NO3P. The van der Waals surface area contributed by atoms with Crippen LogP contribution in [-0.4, -0.2) is 27.1 Å². The summed E-state index contributed by atoms with van der Waals surface area (Å²) in [6, 6.07) is 18.0. The summed E-state index contributed by atoms with van der Waals surface area (Å²) in [6.45, 7) is 0. The Balaban J connectivity index is 2.23. The first-order chi connectivity index (χ1) is 11.1. The minimum atomic E-state index is -3.33. The fourth-order valence-electron chi connectivity index (χ4n) is 3.03. The Kier molecular flexibility index (Phi) is 4.40. The Morgan fingerprint density at radius 3 is 2.22 bits per heavy atom. The topological polar surface area (TPSA) is 38.8 Å². The van der Waals surface area contributed by atoms with Crippen LogP contribution in [-0.2, 0) is 13.6 Å². The number of hydrogen-bond donors (Lipinski definition) is 0. The summed E-state index contributed by atoms with van der Waals surface area (Å²) in [4.78, 5) is 1.98. The molecule has 0 spiro atoms. The van der Waals surface area contributed by atoms with Gasteiger partial charge in [-0.25, -0.2) is 0 Å². The van der Waals surface area contributed by atoms with Gasteiger partial charge in [-0.3, -0.25) is 4.57 Å². The lowest BCUT2D eigenvalue weighted by Gasteiger charge is -2.39. The summed E-state index contributed by atoms with van der Waals surface area (Å²) in [5.41, 5.74) is 4.03. The van der Waals surface area contributed by atoms with Gasteiger partial charge >= 0.3 is 7.60 Å². The zero-order chi connectivity index (χ0) is 16.4. The molecule has 0 aromatic heterocycles. The van der Waals surface area contributed by atoms with Gasteiger partial charge in [0, 0.05) is 27.0 Å². The van der Waals surface area contributed by atoms with Crippen molar-refractivity contribution < 1.29 is 13.6 Å². The van der Waals surface area contributed by atoms with Crippen molar-refractivity contribution in [1.82, 2.24) is 0 Å². The molecule has 0 bridgehead atoms. The quantitative estimate of drug-likeness (QED) is 0.775. The largest absolute Gasteiger partial charge is 0.356 e. The van der Waals surface area contributed by atoms with Gasteiger partial charge in [-0.05, 0) is 28.8 Å². The van der Waals surface area contributed by atoms with E-state index in [0.29, 0.717) is 0 Å². The van der Waals surface area contributed by atoms with E-state index in [1.54, 1.807) is 0 Å². The molecule has 1 unspecified atom stereocenters. The van der Waals surface area contributed by atoms with Crippen LogP contribution < -0.4 is 4.90 Å². The van der Waals surface area contributed by atoms with Crippen LogP contribution in [0.2, 0.25) is 0 Å². The van der Waals surface area contributed by atoms with Crippen LogP contribution in [0.1, 0.15) is 11.1 Å². The molecule has 1 heterocycles. The summed E-state index contributed by atoms with van der Waals surface area (Å²) < 4.78 is 23.8. The Bertz CT molecular complexity index is 765. The number of likely N-dealkylation sites (N-methyl/N-ethyl adjacent to an activating group) is 1. The Hall–Kier alpha value is -1.87. The first kappa shape index (κ1) is 16.0. The lowest BCUT2D eigenvalue weighted by atomic mass is 9.97. The molecule has 0 saturated carbocycles. The molecule has 0 radical (unpaired) electrons. The monoisotopic (exact) mass is 329 g/mol. The van der Waals surface area contributed by atoms with Crippen LogP contribution >= 0.6 is 7.60 Å². The van der Waals surface area contributed by atoms with E-state index in [0.717, 1.165) is 22.4 Å². The van der Waals surface area contributed by atoms with Gasteiger partial charge in [0.2, 0.25) is 0 Å². The lowest BCUT2D eigenvalue weighted by Crippen LogP contribution is -2.36. The summed E-state index contributed by atoms with van der Waals surface area (Å²) in [7, 11) is 1.45. The highest BCUT2D eigenvalue weighted by atomic mass is 31.2. The second-order valence-electron chi connectivity index (χ2n) is 5.41. The molecule has 1 aliphatic rings. The molecule has 0 fully saturated rings. The Morgan fingerprint density at radius 2 is 1.57 bits per heavy atom. The van der Waals surface area contributed by atoms with Crippen molar-refractivity contribution in [2.75, 3.05) is 26.2 Å². The van der Waals surface area contributed by atoms with Crippen LogP contribution in [0, 0.1) is 0 Å². The van der Waals surface area contributed by atoms with Gasteiger partial charge in [-0.1, -0.05) is 48.5 Å². The van der Waals surface area contributed by atoms with Crippen molar-refractivity contribution in [3.8, 4) is 0 Å². The highest BCUT2D eigenvalue weighted by Crippen LogP contribution is 2.59. The average molecular weight is 329 g/mol. The van der Waals surface area contributed by atoms with E-state index in [1.165, 1.54) is 14.2 Å². The molecule has 120 valence electrons. The number of benzene rings is 2. The van der Waals surface area contributed by atoms with E-state index in [-0.39, 0.29) is 0 Å². The zero-order valence-electron chi connectivity index (χ0n) is 13.5. The highest BCUT2D eigenvalue weighted by molar-refractivity contribution is 7.55. The normalized spacial score (nSPS) is 17.6. The first-order valence-corrected chi connectivity index (χ1v) is 9.02. The van der Waals surface area contributed by atoms with Crippen molar-refractivity contribution in [2.45, 2.75) is 5.78 Å². The van der Waals surface area contributed by atoms with Crippen LogP contribution in [0.25, 0.3) is 11.6 Å². The van der Waals surface area contributed by atoms with Crippen LogP contribution in [0.5, 0.6) is 0 Å². The van der Waals surface area contributed by atoms with E-state index >= 15 is 0 Å². The van der Waals surface area contributed by atoms with Gasteiger partial charge in [0.25, 0.3) is 0 Å². The molecule has 0 aliphatic carbocycles. The van der Waals surface area contributed by atoms with Crippen LogP contribution in [0.3, 0.4) is 0 Å². The first-order valence-electron chi connectivity index (χ1n) is 7.41. The molecule has 2 aromatic rings. The molecule has 3 rings (SSSR count). The minimum absolute atomic E-state index is 0.491. The highest BCUT2D eigenvalue weighted by Gasteiger charge is 2.42. The molecule has 0 amide bonds. The van der Waals surface area contributed by atoms with Crippen molar-refractivity contribution in [1.29, 1.82) is 0 Å². The van der Waals surface area contributed by atoms with E-state index in [4.69, 9.17) is 9.05 Å². The summed E-state index contributed by atoms with van der Waals surface area (Å²) in [5.74, 6) is -0.491. The average Bonchev–Trinajstić information content (AvgIpc) is 2.62. The SMILES string of the molecule is COP(=O)(OC)C1C(c2ccccc2)=Cc2ccccc2N1C. The fraction of sp³-hybridized carbons (Fsp3) is 0.222. The fourth-order valence-corrected chi connectivity index (χ4v) is 4.69. The van der Waals surface area contributed by atoms with Gasteiger partial charge in [-0.15, -0.1) is 0 Å².